The summed E-state index contributed by atoms with van der Waals surface area (Å²) in [6.07, 6.45) is 8.91. The molecule has 5 rings (SSSR count). The number of nitrogens with zero attached hydrogens (tertiary/aromatic N) is 1. The number of fused-ring (bicyclic) bond motifs is 1. The molecule has 2 aromatic carbocycles. The number of para-hydroxylation sites is 1. The summed E-state index contributed by atoms with van der Waals surface area (Å²) >= 11 is 0. The van der Waals surface area contributed by atoms with Crippen LogP contribution in [0.25, 0.3) is 22.0 Å². The highest BCUT2D eigenvalue weighted by Crippen LogP contribution is 2.39. The Hall–Kier alpha value is -3.87. The Bertz CT molecular complexity index is 1340. The zero-order valence-corrected chi connectivity index (χ0v) is 22.6. The molecule has 1 saturated carbocycles. The number of benzene rings is 2. The van der Waals surface area contributed by atoms with E-state index in [9.17, 15) is 19.4 Å². The first kappa shape index (κ1) is 28.7. The molecule has 7 heteroatoms. The lowest BCUT2D eigenvalue weighted by Gasteiger charge is -2.29. The standard InChI is InChI=1S/C27H26FN3O3.2C2H6/c28-18-8-9-24-21(12-18)19(10-11-30-24)17-6-4-16(5-7-17)13-31-27(34)23-15-29-14-22(23)20-2-1-3-25(32)26(20)33;2*1-2/h1-3,8-12,14-17,29,32-33H,4-7,13H2,(H,31,34);2*1-2H3. The maximum absolute atomic E-state index is 13.8. The van der Waals surface area contributed by atoms with Gasteiger partial charge >= 0.3 is 0 Å². The minimum absolute atomic E-state index is 0.225. The predicted molar refractivity (Wildman–Crippen MR) is 151 cm³/mol. The zero-order valence-electron chi connectivity index (χ0n) is 22.6. The van der Waals surface area contributed by atoms with Gasteiger partial charge in [-0.2, -0.15) is 0 Å². The van der Waals surface area contributed by atoms with E-state index in [2.05, 4.69) is 15.3 Å². The summed E-state index contributed by atoms with van der Waals surface area (Å²) in [6.45, 7) is 8.56. The van der Waals surface area contributed by atoms with Gasteiger partial charge in [0, 0.05) is 41.6 Å². The highest BCUT2D eigenvalue weighted by atomic mass is 19.1. The number of hydrogen-bond donors (Lipinski definition) is 4. The molecular formula is C31H38FN3O3. The second-order valence-corrected chi connectivity index (χ2v) is 8.95. The molecule has 0 unspecified atom stereocenters. The van der Waals surface area contributed by atoms with Crippen molar-refractivity contribution in [1.82, 2.24) is 15.3 Å². The number of halogens is 1. The number of nitrogens with one attached hydrogen (secondary N) is 2. The molecule has 2 heterocycles. The van der Waals surface area contributed by atoms with Crippen LogP contribution >= 0.6 is 0 Å². The molecule has 202 valence electrons. The Morgan fingerprint density at radius 3 is 2.47 bits per heavy atom. The molecule has 1 aliphatic carbocycles. The smallest absolute Gasteiger partial charge is 0.253 e. The highest BCUT2D eigenvalue weighted by Gasteiger charge is 2.25. The van der Waals surface area contributed by atoms with Gasteiger partial charge in [0.15, 0.2) is 11.5 Å². The number of aromatic hydroxyl groups is 2. The fourth-order valence-corrected chi connectivity index (χ4v) is 5.03. The maximum atomic E-state index is 13.8. The van der Waals surface area contributed by atoms with E-state index < -0.39 is 0 Å². The Labute approximate surface area is 224 Å². The molecule has 0 bridgehead atoms. The summed E-state index contributed by atoms with van der Waals surface area (Å²) in [5.41, 5.74) is 3.31. The van der Waals surface area contributed by atoms with Crippen LogP contribution in [0, 0.1) is 11.7 Å². The topological polar surface area (TPSA) is 98.2 Å². The first-order valence-corrected chi connectivity index (χ1v) is 13.5. The zero-order chi connectivity index (χ0) is 27.7. The molecule has 0 saturated heterocycles. The number of phenolic OH excluding ortho intramolecular Hbond substituents is 2. The van der Waals surface area contributed by atoms with Crippen molar-refractivity contribution in [3.8, 4) is 22.6 Å². The Morgan fingerprint density at radius 1 is 1.00 bits per heavy atom. The second-order valence-electron chi connectivity index (χ2n) is 8.95. The van der Waals surface area contributed by atoms with E-state index in [4.69, 9.17) is 0 Å². The van der Waals surface area contributed by atoms with Crippen LogP contribution in [0.3, 0.4) is 0 Å². The lowest BCUT2D eigenvalue weighted by Crippen LogP contribution is -2.31. The van der Waals surface area contributed by atoms with Gasteiger partial charge in [-0.05, 0) is 73.4 Å². The quantitative estimate of drug-likeness (QED) is 0.205. The van der Waals surface area contributed by atoms with Gasteiger partial charge in [-0.25, -0.2) is 4.39 Å². The normalized spacial score (nSPS) is 16.6. The van der Waals surface area contributed by atoms with Crippen molar-refractivity contribution in [3.05, 3.63) is 78.0 Å². The number of amides is 1. The van der Waals surface area contributed by atoms with Crippen molar-refractivity contribution >= 4 is 16.8 Å². The summed E-state index contributed by atoms with van der Waals surface area (Å²) in [7, 11) is 0. The predicted octanol–water partition coefficient (Wildman–Crippen LogP) is 7.54. The summed E-state index contributed by atoms with van der Waals surface area (Å²) in [5, 5.41) is 23.9. The van der Waals surface area contributed by atoms with Gasteiger partial charge in [-0.15, -0.1) is 0 Å². The maximum Gasteiger partial charge on any atom is 0.253 e. The Morgan fingerprint density at radius 2 is 1.74 bits per heavy atom. The summed E-state index contributed by atoms with van der Waals surface area (Å²) in [6, 6.07) is 11.4. The van der Waals surface area contributed by atoms with Gasteiger partial charge in [0.1, 0.15) is 5.82 Å². The van der Waals surface area contributed by atoms with Gasteiger partial charge in [-0.3, -0.25) is 9.78 Å². The number of pyridine rings is 1. The van der Waals surface area contributed by atoms with E-state index in [0.717, 1.165) is 42.1 Å². The lowest BCUT2D eigenvalue weighted by molar-refractivity contribution is 0.0943. The van der Waals surface area contributed by atoms with E-state index in [-0.39, 0.29) is 23.2 Å². The number of hydrogen-bond acceptors (Lipinski definition) is 4. The van der Waals surface area contributed by atoms with E-state index in [1.807, 2.05) is 33.8 Å². The molecule has 1 fully saturated rings. The van der Waals surface area contributed by atoms with Crippen LogP contribution in [0.2, 0.25) is 0 Å². The number of H-pyrrole nitrogens is 1. The van der Waals surface area contributed by atoms with Gasteiger partial charge in [0.05, 0.1) is 11.1 Å². The van der Waals surface area contributed by atoms with Crippen LogP contribution < -0.4 is 5.32 Å². The number of carbonyl (C=O) groups excluding carboxylic acids is 1. The van der Waals surface area contributed by atoms with Crippen molar-refractivity contribution in [2.24, 2.45) is 5.92 Å². The molecule has 2 aromatic heterocycles. The lowest BCUT2D eigenvalue weighted by atomic mass is 9.78. The molecule has 1 aliphatic rings. The molecule has 38 heavy (non-hydrogen) atoms. The first-order chi connectivity index (χ1) is 18.5. The number of aromatic nitrogens is 2. The van der Waals surface area contributed by atoms with Gasteiger partial charge in [0.25, 0.3) is 5.91 Å². The van der Waals surface area contributed by atoms with Crippen molar-refractivity contribution < 1.29 is 19.4 Å². The van der Waals surface area contributed by atoms with Gasteiger partial charge in [0.2, 0.25) is 0 Å². The number of carbonyl (C=O) groups is 1. The minimum Gasteiger partial charge on any atom is -0.504 e. The average Bonchev–Trinajstić information content (AvgIpc) is 3.45. The monoisotopic (exact) mass is 519 g/mol. The molecule has 0 atom stereocenters. The van der Waals surface area contributed by atoms with Gasteiger partial charge in [-0.1, -0.05) is 39.8 Å². The molecule has 0 radical (unpaired) electrons. The Balaban J connectivity index is 0.000000956. The number of phenols is 2. The molecule has 4 aromatic rings. The second kappa shape index (κ2) is 13.6. The highest BCUT2D eigenvalue weighted by molar-refractivity contribution is 6.01. The van der Waals surface area contributed by atoms with Crippen molar-refractivity contribution in [2.75, 3.05) is 6.54 Å². The van der Waals surface area contributed by atoms with Crippen molar-refractivity contribution in [2.45, 2.75) is 59.3 Å². The molecule has 1 amide bonds. The first-order valence-electron chi connectivity index (χ1n) is 13.5. The van der Waals surface area contributed by atoms with Gasteiger partial charge < -0.3 is 20.5 Å². The number of aromatic amines is 1. The third kappa shape index (κ3) is 6.33. The van der Waals surface area contributed by atoms with Crippen LogP contribution in [0.4, 0.5) is 4.39 Å². The largest absolute Gasteiger partial charge is 0.504 e. The molecule has 0 aliphatic heterocycles. The number of rotatable bonds is 5. The average molecular weight is 520 g/mol. The fraction of sp³-hybridized carbons (Fsp3) is 0.355. The third-order valence-electron chi connectivity index (χ3n) is 6.87. The summed E-state index contributed by atoms with van der Waals surface area (Å²) in [4.78, 5) is 20.2. The molecule has 4 N–H and O–H groups in total. The third-order valence-corrected chi connectivity index (χ3v) is 6.87. The van der Waals surface area contributed by atoms with Crippen LogP contribution in [0.1, 0.15) is 75.2 Å². The molecule has 6 nitrogen and oxygen atoms in total. The summed E-state index contributed by atoms with van der Waals surface area (Å²) < 4.78 is 13.8. The van der Waals surface area contributed by atoms with Crippen LogP contribution in [0.15, 0.2) is 61.1 Å². The van der Waals surface area contributed by atoms with Crippen LogP contribution in [-0.4, -0.2) is 32.6 Å². The van der Waals surface area contributed by atoms with Crippen LogP contribution in [0.5, 0.6) is 11.5 Å². The van der Waals surface area contributed by atoms with Crippen molar-refractivity contribution in [1.29, 1.82) is 0 Å². The SMILES string of the molecule is CC.CC.O=C(NCC1CCC(c2ccnc3ccc(F)cc23)CC1)c1c[nH]cc1-c1cccc(O)c1O. The fourth-order valence-electron chi connectivity index (χ4n) is 5.03. The van der Waals surface area contributed by atoms with Crippen molar-refractivity contribution in [3.63, 3.8) is 0 Å². The van der Waals surface area contributed by atoms with E-state index in [0.29, 0.717) is 35.1 Å². The Kier molecular flexibility index (Phi) is 10.3. The summed E-state index contributed by atoms with van der Waals surface area (Å²) in [5.74, 6) is -0.242. The van der Waals surface area contributed by atoms with E-state index in [1.165, 1.54) is 12.1 Å². The molecule has 0 spiro atoms. The van der Waals surface area contributed by atoms with E-state index >= 15 is 0 Å². The minimum atomic E-state index is -0.252. The van der Waals surface area contributed by atoms with E-state index in [1.54, 1.807) is 42.9 Å². The molecular weight excluding hydrogens is 481 g/mol. The van der Waals surface area contributed by atoms with Crippen LogP contribution in [-0.2, 0) is 0 Å².